The second-order valence-electron chi connectivity index (χ2n) is 9.49. The molecule has 2 aromatic carbocycles. The van der Waals surface area contributed by atoms with Crippen molar-refractivity contribution < 1.29 is 26.7 Å². The van der Waals surface area contributed by atoms with Crippen molar-refractivity contribution in [1.29, 1.82) is 0 Å². The van der Waals surface area contributed by atoms with Crippen molar-refractivity contribution >= 4 is 0 Å². The topological polar surface area (TPSA) is 9.23 Å². The molecule has 2 aromatic rings. The van der Waals surface area contributed by atoms with Gasteiger partial charge in [0.25, 0.3) is 0 Å². The van der Waals surface area contributed by atoms with E-state index in [4.69, 9.17) is 0 Å². The molecule has 1 unspecified atom stereocenters. The van der Waals surface area contributed by atoms with Gasteiger partial charge < -0.3 is 4.74 Å². The van der Waals surface area contributed by atoms with Crippen LogP contribution in [-0.2, 0) is 12.8 Å². The van der Waals surface area contributed by atoms with Gasteiger partial charge in [0, 0.05) is 0 Å². The summed E-state index contributed by atoms with van der Waals surface area (Å²) in [5.41, 5.74) is 2.65. The van der Waals surface area contributed by atoms with Crippen LogP contribution in [-0.4, -0.2) is 6.36 Å². The van der Waals surface area contributed by atoms with Crippen LogP contribution in [0.1, 0.15) is 81.4 Å². The van der Waals surface area contributed by atoms with Crippen LogP contribution in [0.2, 0.25) is 0 Å². The minimum atomic E-state index is -5.14. The molecule has 0 aliphatic heterocycles. The summed E-state index contributed by atoms with van der Waals surface area (Å²) in [5, 5.41) is 0. The fourth-order valence-corrected chi connectivity index (χ4v) is 4.72. The van der Waals surface area contributed by atoms with Gasteiger partial charge in [-0.25, -0.2) is 8.78 Å². The molecule has 1 saturated carbocycles. The minimum absolute atomic E-state index is 0.291. The lowest BCUT2D eigenvalue weighted by Crippen LogP contribution is -2.19. The maximum absolute atomic E-state index is 13.9. The molecule has 1 atom stereocenters. The summed E-state index contributed by atoms with van der Waals surface area (Å²) in [4.78, 5) is 0. The molecule has 6 heteroatoms. The third-order valence-electron chi connectivity index (χ3n) is 7.04. The van der Waals surface area contributed by atoms with E-state index >= 15 is 0 Å². The van der Waals surface area contributed by atoms with Gasteiger partial charge in [-0.05, 0) is 85.1 Å². The molecule has 0 amide bonds. The van der Waals surface area contributed by atoms with Crippen LogP contribution < -0.4 is 4.74 Å². The van der Waals surface area contributed by atoms with Crippen molar-refractivity contribution in [3.05, 3.63) is 64.7 Å². The molecule has 1 fully saturated rings. The van der Waals surface area contributed by atoms with Gasteiger partial charge in [0.1, 0.15) is 0 Å². The first kappa shape index (κ1) is 25.5. The lowest BCUT2D eigenvalue weighted by Gasteiger charge is -2.29. The van der Waals surface area contributed by atoms with E-state index in [9.17, 15) is 22.0 Å². The average molecular weight is 469 g/mol. The van der Waals surface area contributed by atoms with E-state index in [1.807, 2.05) is 12.1 Å². The van der Waals surface area contributed by atoms with E-state index in [0.717, 1.165) is 29.5 Å². The number of rotatable bonds is 9. The van der Waals surface area contributed by atoms with Gasteiger partial charge in [0.15, 0.2) is 11.6 Å². The predicted molar refractivity (Wildman–Crippen MR) is 120 cm³/mol. The maximum Gasteiger partial charge on any atom is 0.573 e. The van der Waals surface area contributed by atoms with Crippen LogP contribution in [0.3, 0.4) is 0 Å². The molecule has 1 nitrogen and oxygen atoms in total. The normalized spacial score (nSPS) is 20.0. The van der Waals surface area contributed by atoms with Crippen LogP contribution in [0.15, 0.2) is 36.4 Å². The smallest absolute Gasteiger partial charge is 0.399 e. The number of hydrogen-bond acceptors (Lipinski definition) is 1. The van der Waals surface area contributed by atoms with Crippen LogP contribution in [0.4, 0.5) is 22.0 Å². The highest BCUT2D eigenvalue weighted by Gasteiger charge is 2.34. The van der Waals surface area contributed by atoms with E-state index < -0.39 is 23.7 Å². The fraction of sp³-hybridized carbons (Fsp3) is 0.556. The summed E-state index contributed by atoms with van der Waals surface area (Å²) in [6, 6.07) is 10.2. The molecule has 0 heterocycles. The fourth-order valence-electron chi connectivity index (χ4n) is 4.72. The Morgan fingerprint density at radius 2 is 1.48 bits per heavy atom. The molecule has 3 rings (SSSR count). The molecule has 0 radical (unpaired) electrons. The number of hydrogen-bond donors (Lipinski definition) is 0. The molecule has 1 aliphatic rings. The summed E-state index contributed by atoms with van der Waals surface area (Å²) in [7, 11) is 0. The molecular weight excluding hydrogens is 435 g/mol. The molecule has 33 heavy (non-hydrogen) atoms. The van der Waals surface area contributed by atoms with Gasteiger partial charge in [-0.1, -0.05) is 57.4 Å². The second-order valence-corrected chi connectivity index (χ2v) is 9.49. The number of alkyl halides is 3. The molecule has 1 aliphatic carbocycles. The number of aryl methyl sites for hydroxylation is 2. The third-order valence-corrected chi connectivity index (χ3v) is 7.04. The Hall–Kier alpha value is -2.11. The molecule has 182 valence electrons. The van der Waals surface area contributed by atoms with Crippen LogP contribution in [0.5, 0.6) is 5.75 Å². The second kappa shape index (κ2) is 11.3. The first-order valence-electron chi connectivity index (χ1n) is 12.0. The lowest BCUT2D eigenvalue weighted by atomic mass is 9.76. The van der Waals surface area contributed by atoms with Crippen molar-refractivity contribution in [3.63, 3.8) is 0 Å². The summed E-state index contributed by atoms with van der Waals surface area (Å²) in [6.45, 7) is 4.59. The van der Waals surface area contributed by atoms with Crippen LogP contribution >= 0.6 is 0 Å². The van der Waals surface area contributed by atoms with Crippen molar-refractivity contribution in [3.8, 4) is 5.75 Å². The van der Waals surface area contributed by atoms with Gasteiger partial charge >= 0.3 is 6.36 Å². The van der Waals surface area contributed by atoms with E-state index in [-0.39, 0.29) is 0 Å². The summed E-state index contributed by atoms with van der Waals surface area (Å²) in [6.07, 6.45) is 4.65. The van der Waals surface area contributed by atoms with Crippen molar-refractivity contribution in [2.75, 3.05) is 0 Å². The lowest BCUT2D eigenvalue weighted by molar-refractivity contribution is -0.276. The predicted octanol–water partition coefficient (Wildman–Crippen LogP) is 8.75. The zero-order valence-corrected chi connectivity index (χ0v) is 19.4. The molecule has 0 saturated heterocycles. The first-order valence-corrected chi connectivity index (χ1v) is 12.0. The van der Waals surface area contributed by atoms with Crippen LogP contribution in [0.25, 0.3) is 0 Å². The van der Waals surface area contributed by atoms with Gasteiger partial charge in [-0.15, -0.1) is 13.2 Å². The largest absolute Gasteiger partial charge is 0.573 e. The monoisotopic (exact) mass is 468 g/mol. The summed E-state index contributed by atoms with van der Waals surface area (Å²) >= 11 is 0. The number of halogens is 5. The van der Waals surface area contributed by atoms with Gasteiger partial charge in [0.05, 0.1) is 0 Å². The quantitative estimate of drug-likeness (QED) is 0.334. The van der Waals surface area contributed by atoms with E-state index in [0.29, 0.717) is 24.3 Å². The highest BCUT2D eigenvalue weighted by molar-refractivity contribution is 5.33. The van der Waals surface area contributed by atoms with Gasteiger partial charge in [-0.2, -0.15) is 0 Å². The molecule has 0 aromatic heterocycles. The Balaban J connectivity index is 1.50. The minimum Gasteiger partial charge on any atom is -0.399 e. The molecule has 0 N–H and O–H groups in total. The zero-order chi connectivity index (χ0) is 24.0. The Bertz CT molecular complexity index is 859. The summed E-state index contributed by atoms with van der Waals surface area (Å²) in [5.74, 6) is -1.86. The number of ether oxygens (including phenoxy) is 1. The van der Waals surface area contributed by atoms with Crippen LogP contribution in [0, 0.1) is 23.5 Å². The van der Waals surface area contributed by atoms with Crippen molar-refractivity contribution in [2.45, 2.75) is 83.9 Å². The highest BCUT2D eigenvalue weighted by Crippen LogP contribution is 2.38. The third kappa shape index (κ3) is 7.72. The van der Waals surface area contributed by atoms with Gasteiger partial charge in [-0.3, -0.25) is 0 Å². The molecular formula is C27H33F5O. The van der Waals surface area contributed by atoms with E-state index in [1.54, 1.807) is 0 Å². The SMILES string of the molecule is CCC(C)CCC1CCC(c2ccc(CCc3cc(F)c(OC(F)(F)F)c(F)c3)cc2)CC1. The van der Waals surface area contributed by atoms with Crippen molar-refractivity contribution in [2.24, 2.45) is 11.8 Å². The van der Waals surface area contributed by atoms with Crippen molar-refractivity contribution in [1.82, 2.24) is 0 Å². The zero-order valence-electron chi connectivity index (χ0n) is 19.4. The van der Waals surface area contributed by atoms with E-state index in [1.165, 1.54) is 50.5 Å². The average Bonchev–Trinajstić information content (AvgIpc) is 2.78. The standard InChI is InChI=1S/C27H33F5O/c1-3-18(2)4-5-19-8-12-22(13-9-19)23-14-10-20(11-15-23)6-7-21-16-24(28)26(25(29)17-21)33-27(30,31)32/h10-11,14-19,22H,3-9,12-13H2,1-2H3. The first-order chi connectivity index (χ1) is 15.6. The Morgan fingerprint density at radius 1 is 0.909 bits per heavy atom. The Kier molecular flexibility index (Phi) is 8.77. The van der Waals surface area contributed by atoms with Gasteiger partial charge in [0.2, 0.25) is 5.75 Å². The molecule has 0 spiro atoms. The van der Waals surface area contributed by atoms with E-state index in [2.05, 4.69) is 30.7 Å². The Morgan fingerprint density at radius 3 is 2.03 bits per heavy atom. The maximum atomic E-state index is 13.9. The molecule has 0 bridgehead atoms. The Labute approximate surface area is 193 Å². The summed E-state index contributed by atoms with van der Waals surface area (Å²) < 4.78 is 68.1. The highest BCUT2D eigenvalue weighted by atomic mass is 19.4. The number of benzene rings is 2.